The number of rotatable bonds is 4. The zero-order valence-corrected chi connectivity index (χ0v) is 9.33. The number of aliphatic hydroxyl groups excluding tert-OH is 1. The van der Waals surface area contributed by atoms with Gasteiger partial charge < -0.3 is 20.1 Å². The van der Waals surface area contributed by atoms with Gasteiger partial charge in [-0.3, -0.25) is 6.29 Å². The summed E-state index contributed by atoms with van der Waals surface area (Å²) >= 11 is 0. The van der Waals surface area contributed by atoms with Gasteiger partial charge in [-0.2, -0.15) is 0 Å². The summed E-state index contributed by atoms with van der Waals surface area (Å²) in [7, 11) is 1.44. The minimum absolute atomic E-state index is 0. The number of aliphatic hydroxyl groups is 1. The third-order valence-corrected chi connectivity index (χ3v) is 0.848. The van der Waals surface area contributed by atoms with Crippen molar-refractivity contribution in [3.8, 4) is 0 Å². The van der Waals surface area contributed by atoms with Gasteiger partial charge in [-0.25, -0.2) is 0 Å². The number of carbonyl (C=O) groups excluding carboxylic acids is 1. The van der Waals surface area contributed by atoms with Crippen molar-refractivity contribution in [3.05, 3.63) is 0 Å². The van der Waals surface area contributed by atoms with Crippen LogP contribution in [0.2, 0.25) is 0 Å². The number of methoxy groups -OCH3 is 1. The van der Waals surface area contributed by atoms with Crippen LogP contribution < -0.4 is 51.4 Å². The second kappa shape index (κ2) is 12.8. The van der Waals surface area contributed by atoms with Gasteiger partial charge >= 0.3 is 51.4 Å². The van der Waals surface area contributed by atoms with E-state index in [9.17, 15) is 4.79 Å². The molecule has 0 amide bonds. The van der Waals surface area contributed by atoms with Gasteiger partial charge in [-0.1, -0.05) is 0 Å². The Bertz CT molecular complexity index is 64.7. The van der Waals surface area contributed by atoms with Gasteiger partial charge in [-0.15, -0.1) is 6.42 Å². The van der Waals surface area contributed by atoms with Gasteiger partial charge in [-0.05, 0) is 0 Å². The molecule has 0 fully saturated rings. The minimum Gasteiger partial charge on any atom is -0.870 e. The van der Waals surface area contributed by atoms with E-state index in [1.165, 1.54) is 7.11 Å². The molecule has 0 aromatic carbocycles. The summed E-state index contributed by atoms with van der Waals surface area (Å²) in [6, 6.07) is 0. The van der Waals surface area contributed by atoms with Gasteiger partial charge in [0.15, 0.2) is 0 Å². The van der Waals surface area contributed by atoms with E-state index in [2.05, 4.69) is 4.74 Å². The zero-order chi connectivity index (χ0) is 6.41. The largest absolute Gasteiger partial charge is 1.00 e. The molecule has 5 heteroatoms. The summed E-state index contributed by atoms with van der Waals surface area (Å²) in [5, 5.41) is 8.35. The Hall–Kier alpha value is 1.19. The fourth-order valence-corrected chi connectivity index (χ4v) is 0.315. The van der Waals surface area contributed by atoms with Crippen LogP contribution in [-0.4, -0.2) is 36.7 Å². The van der Waals surface area contributed by atoms with Crippen LogP contribution in [0.5, 0.6) is 0 Å². The van der Waals surface area contributed by atoms with Crippen molar-refractivity contribution in [1.29, 1.82) is 0 Å². The SMILES string of the molecule is CO[C@H](CO)C[C-]=O.[K+].[OH-]. The third kappa shape index (κ3) is 9.19. The van der Waals surface area contributed by atoms with Gasteiger partial charge in [0.2, 0.25) is 0 Å². The number of hydrogen-bond donors (Lipinski definition) is 1. The third-order valence-electron chi connectivity index (χ3n) is 0.848. The van der Waals surface area contributed by atoms with Crippen molar-refractivity contribution in [3.63, 3.8) is 0 Å². The van der Waals surface area contributed by atoms with Crippen LogP contribution in [0.15, 0.2) is 0 Å². The van der Waals surface area contributed by atoms with Crippen LogP contribution in [0.3, 0.4) is 0 Å². The Labute approximate surface area is 103 Å². The van der Waals surface area contributed by atoms with Crippen molar-refractivity contribution in [2.45, 2.75) is 12.5 Å². The molecule has 0 saturated carbocycles. The number of hydrogen-bond acceptors (Lipinski definition) is 4. The fourth-order valence-electron chi connectivity index (χ4n) is 0.315. The molecule has 0 aromatic rings. The van der Waals surface area contributed by atoms with Crippen molar-refractivity contribution >= 4 is 6.29 Å². The molecular formula is C5H10KO4-. The molecule has 0 unspecified atom stereocenters. The maximum Gasteiger partial charge on any atom is 1.00 e. The Morgan fingerprint density at radius 3 is 2.30 bits per heavy atom. The first kappa shape index (κ1) is 17.3. The average Bonchev–Trinajstić information content (AvgIpc) is 1.83. The molecule has 0 aliphatic carbocycles. The van der Waals surface area contributed by atoms with E-state index >= 15 is 0 Å². The minimum atomic E-state index is -0.368. The van der Waals surface area contributed by atoms with E-state index in [0.717, 1.165) is 0 Å². The van der Waals surface area contributed by atoms with E-state index in [-0.39, 0.29) is 76.0 Å². The first-order valence-corrected chi connectivity index (χ1v) is 2.33. The quantitative estimate of drug-likeness (QED) is 0.351. The topological polar surface area (TPSA) is 76.5 Å². The molecule has 0 saturated heterocycles. The van der Waals surface area contributed by atoms with Crippen molar-refractivity contribution in [2.75, 3.05) is 13.7 Å². The van der Waals surface area contributed by atoms with Crippen LogP contribution in [0.25, 0.3) is 0 Å². The Morgan fingerprint density at radius 1 is 1.70 bits per heavy atom. The molecule has 4 nitrogen and oxygen atoms in total. The maximum atomic E-state index is 9.62. The van der Waals surface area contributed by atoms with Crippen molar-refractivity contribution in [1.82, 2.24) is 0 Å². The smallest absolute Gasteiger partial charge is 0.870 e. The first-order valence-electron chi connectivity index (χ1n) is 2.33. The molecule has 0 aromatic heterocycles. The molecule has 2 N–H and O–H groups in total. The van der Waals surface area contributed by atoms with E-state index in [1.807, 2.05) is 0 Å². The molecule has 0 rings (SSSR count). The number of ether oxygens (including phenoxy) is 1. The Kier molecular flexibility index (Phi) is 22.2. The van der Waals surface area contributed by atoms with E-state index in [4.69, 9.17) is 5.11 Å². The van der Waals surface area contributed by atoms with Crippen molar-refractivity contribution in [2.24, 2.45) is 0 Å². The second-order valence-corrected chi connectivity index (χ2v) is 1.39. The van der Waals surface area contributed by atoms with E-state index in [0.29, 0.717) is 0 Å². The zero-order valence-electron chi connectivity index (χ0n) is 6.20. The van der Waals surface area contributed by atoms with Crippen LogP contribution in [0.4, 0.5) is 0 Å². The monoisotopic (exact) mass is 173 g/mol. The predicted octanol–water partition coefficient (Wildman–Crippen LogP) is -3.68. The standard InChI is InChI=1S/C5H9O3.K.H2O/c1-8-5(4-7)2-3-6;;/h5,7H,2,4H2,1H3;;1H2/q-1;+1;/p-1/t5-;;/m0../s1. The molecule has 0 heterocycles. The molecule has 0 spiro atoms. The van der Waals surface area contributed by atoms with Crippen molar-refractivity contribution < 1.29 is 71.5 Å². The Morgan fingerprint density at radius 2 is 2.20 bits per heavy atom. The first-order chi connectivity index (χ1) is 3.85. The second-order valence-electron chi connectivity index (χ2n) is 1.39. The van der Waals surface area contributed by atoms with Gasteiger partial charge in [0.05, 0.1) is 12.7 Å². The van der Waals surface area contributed by atoms with E-state index in [1.54, 1.807) is 6.29 Å². The fraction of sp³-hybridized carbons (Fsp3) is 0.800. The summed E-state index contributed by atoms with van der Waals surface area (Å²) < 4.78 is 4.63. The van der Waals surface area contributed by atoms with Crippen LogP contribution in [-0.2, 0) is 9.53 Å². The van der Waals surface area contributed by atoms with Crippen LogP contribution in [0, 0.1) is 0 Å². The molecular weight excluding hydrogens is 163 g/mol. The van der Waals surface area contributed by atoms with Gasteiger partial charge in [0.25, 0.3) is 0 Å². The summed E-state index contributed by atoms with van der Waals surface area (Å²) in [4.78, 5) is 9.62. The van der Waals surface area contributed by atoms with E-state index < -0.39 is 0 Å². The summed E-state index contributed by atoms with van der Waals surface area (Å²) in [5.41, 5.74) is 0. The molecule has 0 aliphatic rings. The van der Waals surface area contributed by atoms with Gasteiger partial charge in [0.1, 0.15) is 0 Å². The molecule has 10 heavy (non-hydrogen) atoms. The normalized spacial score (nSPS) is 10.6. The molecule has 1 atom stereocenters. The molecule has 0 aliphatic heterocycles. The maximum absolute atomic E-state index is 9.62. The summed E-state index contributed by atoms with van der Waals surface area (Å²) in [6.07, 6.45) is 1.41. The average molecular weight is 173 g/mol. The Balaban J connectivity index is -0.000000245. The summed E-state index contributed by atoms with van der Waals surface area (Å²) in [5.74, 6) is 0. The molecule has 0 radical (unpaired) electrons. The molecule has 0 bridgehead atoms. The summed E-state index contributed by atoms with van der Waals surface area (Å²) in [6.45, 7) is -0.119. The predicted molar refractivity (Wildman–Crippen MR) is 30.1 cm³/mol. The van der Waals surface area contributed by atoms with Crippen LogP contribution >= 0.6 is 0 Å². The molecule has 56 valence electrons. The van der Waals surface area contributed by atoms with Gasteiger partial charge in [0, 0.05) is 7.11 Å². The van der Waals surface area contributed by atoms with Crippen LogP contribution in [0.1, 0.15) is 6.42 Å².